The summed E-state index contributed by atoms with van der Waals surface area (Å²) < 4.78 is 0. The molecule has 0 unspecified atom stereocenters. The van der Waals surface area contributed by atoms with Crippen LogP contribution in [0, 0.1) is 0 Å². The van der Waals surface area contributed by atoms with Crippen molar-refractivity contribution in [1.29, 1.82) is 0 Å². The predicted octanol–water partition coefficient (Wildman–Crippen LogP) is 2.96. The lowest BCUT2D eigenvalue weighted by atomic mass is 9.87. The first-order chi connectivity index (χ1) is 7.89. The topological polar surface area (TPSA) is 15.6 Å². The maximum Gasteiger partial charge on any atom is 0.0516 e. The van der Waals surface area contributed by atoms with Crippen LogP contribution in [0.4, 0.5) is 0 Å². The molecule has 0 N–H and O–H groups in total. The van der Waals surface area contributed by atoms with Crippen molar-refractivity contribution in [3.8, 4) is 0 Å². The van der Waals surface area contributed by atoms with Gasteiger partial charge in [-0.15, -0.1) is 0 Å². The number of rotatable bonds is 4. The van der Waals surface area contributed by atoms with Crippen molar-refractivity contribution in [2.45, 2.75) is 26.2 Å². The largest absolute Gasteiger partial charge is 0.308 e. The van der Waals surface area contributed by atoms with E-state index in [4.69, 9.17) is 0 Å². The van der Waals surface area contributed by atoms with Crippen LogP contribution in [-0.4, -0.2) is 38.3 Å². The van der Waals surface area contributed by atoms with E-state index in [1.165, 1.54) is 11.1 Å². The van der Waals surface area contributed by atoms with Crippen molar-refractivity contribution in [1.82, 2.24) is 4.90 Å². The van der Waals surface area contributed by atoms with Gasteiger partial charge in [-0.3, -0.25) is 4.99 Å². The fourth-order valence-electron chi connectivity index (χ4n) is 1.50. The van der Waals surface area contributed by atoms with E-state index in [2.05, 4.69) is 69.0 Å². The summed E-state index contributed by atoms with van der Waals surface area (Å²) in [5.74, 6) is 0. The maximum atomic E-state index is 4.41. The first-order valence-corrected chi connectivity index (χ1v) is 6.15. The van der Waals surface area contributed by atoms with Crippen molar-refractivity contribution in [2.75, 3.05) is 27.2 Å². The first-order valence-electron chi connectivity index (χ1n) is 6.15. The number of likely N-dealkylation sites (N-methyl/N-ethyl adjacent to an activating group) is 1. The summed E-state index contributed by atoms with van der Waals surface area (Å²) in [5, 5.41) is 0. The van der Waals surface area contributed by atoms with E-state index in [0.29, 0.717) is 0 Å². The molecule has 0 spiro atoms. The molecule has 17 heavy (non-hydrogen) atoms. The van der Waals surface area contributed by atoms with Crippen LogP contribution in [0.2, 0.25) is 0 Å². The molecule has 0 atom stereocenters. The Morgan fingerprint density at radius 1 is 1.12 bits per heavy atom. The van der Waals surface area contributed by atoms with E-state index in [1.807, 2.05) is 6.21 Å². The van der Waals surface area contributed by atoms with E-state index >= 15 is 0 Å². The number of nitrogens with zero attached hydrogens (tertiary/aromatic N) is 2. The van der Waals surface area contributed by atoms with Crippen LogP contribution < -0.4 is 0 Å². The van der Waals surface area contributed by atoms with Crippen molar-refractivity contribution in [3.05, 3.63) is 35.4 Å². The van der Waals surface area contributed by atoms with Crippen LogP contribution in [-0.2, 0) is 5.41 Å². The summed E-state index contributed by atoms with van der Waals surface area (Å²) in [6, 6.07) is 8.65. The second-order valence-electron chi connectivity index (χ2n) is 5.71. The number of hydrogen-bond acceptors (Lipinski definition) is 2. The molecule has 2 heteroatoms. The van der Waals surface area contributed by atoms with Crippen LogP contribution >= 0.6 is 0 Å². The first kappa shape index (κ1) is 13.9. The number of benzene rings is 1. The molecule has 0 aliphatic heterocycles. The molecule has 1 aromatic rings. The number of hydrogen-bond donors (Lipinski definition) is 0. The van der Waals surface area contributed by atoms with Gasteiger partial charge in [0.2, 0.25) is 0 Å². The van der Waals surface area contributed by atoms with Gasteiger partial charge >= 0.3 is 0 Å². The van der Waals surface area contributed by atoms with Gasteiger partial charge in [-0.1, -0.05) is 45.0 Å². The van der Waals surface area contributed by atoms with E-state index in [9.17, 15) is 0 Å². The molecule has 0 fully saturated rings. The third-order valence-electron chi connectivity index (χ3n) is 2.69. The van der Waals surface area contributed by atoms with Gasteiger partial charge in [0, 0.05) is 12.8 Å². The fourth-order valence-corrected chi connectivity index (χ4v) is 1.50. The summed E-state index contributed by atoms with van der Waals surface area (Å²) in [7, 11) is 4.13. The van der Waals surface area contributed by atoms with Crippen molar-refractivity contribution in [3.63, 3.8) is 0 Å². The van der Waals surface area contributed by atoms with Crippen LogP contribution in [0.5, 0.6) is 0 Å². The second kappa shape index (κ2) is 5.97. The Bertz CT molecular complexity index is 356. The molecule has 0 radical (unpaired) electrons. The zero-order valence-electron chi connectivity index (χ0n) is 11.7. The third-order valence-corrected chi connectivity index (χ3v) is 2.69. The SMILES string of the molecule is CN(C)CC/N=C/c1ccc(C(C)(C)C)cc1. The Kier molecular flexibility index (Phi) is 4.88. The van der Waals surface area contributed by atoms with E-state index < -0.39 is 0 Å². The summed E-state index contributed by atoms with van der Waals surface area (Å²) in [6.45, 7) is 8.54. The molecule has 0 amide bonds. The normalized spacial score (nSPS) is 12.6. The number of aliphatic imine (C=N–C) groups is 1. The van der Waals surface area contributed by atoms with Gasteiger partial charge in [0.25, 0.3) is 0 Å². The molecule has 1 rings (SSSR count). The highest BCUT2D eigenvalue weighted by Gasteiger charge is 2.12. The highest BCUT2D eigenvalue weighted by molar-refractivity contribution is 5.79. The summed E-state index contributed by atoms with van der Waals surface area (Å²) in [4.78, 5) is 6.55. The van der Waals surface area contributed by atoms with Gasteiger partial charge in [0.05, 0.1) is 6.54 Å². The molecule has 0 aliphatic carbocycles. The summed E-state index contributed by atoms with van der Waals surface area (Å²) in [5.41, 5.74) is 2.76. The molecule has 94 valence electrons. The smallest absolute Gasteiger partial charge is 0.0516 e. The van der Waals surface area contributed by atoms with Crippen molar-refractivity contribution in [2.24, 2.45) is 4.99 Å². The van der Waals surface area contributed by atoms with Gasteiger partial charge in [0.15, 0.2) is 0 Å². The highest BCUT2D eigenvalue weighted by Crippen LogP contribution is 2.21. The lowest BCUT2D eigenvalue weighted by molar-refractivity contribution is 0.421. The molecule has 1 aromatic carbocycles. The molecule has 0 bridgehead atoms. The zero-order chi connectivity index (χ0) is 12.9. The molecule has 0 aromatic heterocycles. The molecule has 0 heterocycles. The monoisotopic (exact) mass is 232 g/mol. The lowest BCUT2D eigenvalue weighted by Crippen LogP contribution is -2.15. The Hall–Kier alpha value is -1.15. The molecule has 2 nitrogen and oxygen atoms in total. The van der Waals surface area contributed by atoms with E-state index in [0.717, 1.165) is 13.1 Å². The maximum absolute atomic E-state index is 4.41. The summed E-state index contributed by atoms with van der Waals surface area (Å²) in [6.07, 6.45) is 1.95. The van der Waals surface area contributed by atoms with Crippen LogP contribution in [0.15, 0.2) is 29.3 Å². The average Bonchev–Trinajstić information content (AvgIpc) is 2.23. The second-order valence-corrected chi connectivity index (χ2v) is 5.71. The molecule has 0 saturated heterocycles. The van der Waals surface area contributed by atoms with Gasteiger partial charge in [-0.05, 0) is 30.6 Å². The predicted molar refractivity (Wildman–Crippen MR) is 76.2 cm³/mol. The molecular formula is C15H24N2. The van der Waals surface area contributed by atoms with Gasteiger partial charge in [-0.2, -0.15) is 0 Å². The van der Waals surface area contributed by atoms with E-state index in [-0.39, 0.29) is 5.41 Å². The molecule has 0 saturated carbocycles. The van der Waals surface area contributed by atoms with Crippen LogP contribution in [0.25, 0.3) is 0 Å². The van der Waals surface area contributed by atoms with E-state index in [1.54, 1.807) is 0 Å². The minimum atomic E-state index is 0.223. The van der Waals surface area contributed by atoms with Gasteiger partial charge in [0.1, 0.15) is 0 Å². The quantitative estimate of drug-likeness (QED) is 0.729. The molecular weight excluding hydrogens is 208 g/mol. The van der Waals surface area contributed by atoms with Gasteiger partial charge in [-0.25, -0.2) is 0 Å². The highest BCUT2D eigenvalue weighted by atomic mass is 15.1. The van der Waals surface area contributed by atoms with Gasteiger partial charge < -0.3 is 4.90 Å². The van der Waals surface area contributed by atoms with Crippen LogP contribution in [0.3, 0.4) is 0 Å². The average molecular weight is 232 g/mol. The fraction of sp³-hybridized carbons (Fsp3) is 0.533. The molecule has 0 aliphatic rings. The van der Waals surface area contributed by atoms with Crippen molar-refractivity contribution >= 4 is 6.21 Å². The van der Waals surface area contributed by atoms with Crippen LogP contribution in [0.1, 0.15) is 31.9 Å². The Balaban J connectivity index is 2.57. The third kappa shape index (κ3) is 5.14. The Labute approximate surface area is 105 Å². The standard InChI is InChI=1S/C15H24N2/c1-15(2,3)14-8-6-13(7-9-14)12-16-10-11-17(4)5/h6-9,12H,10-11H2,1-5H3/b16-12+. The van der Waals surface area contributed by atoms with Crippen molar-refractivity contribution < 1.29 is 0 Å². The minimum Gasteiger partial charge on any atom is -0.308 e. The lowest BCUT2D eigenvalue weighted by Gasteiger charge is -2.18. The minimum absolute atomic E-state index is 0.223. The Morgan fingerprint density at radius 3 is 2.18 bits per heavy atom. The summed E-state index contributed by atoms with van der Waals surface area (Å²) >= 11 is 0. The zero-order valence-corrected chi connectivity index (χ0v) is 11.7. The Morgan fingerprint density at radius 2 is 1.71 bits per heavy atom.